The molecule has 6 nitrogen and oxygen atoms in total. The summed E-state index contributed by atoms with van der Waals surface area (Å²) in [6, 6.07) is 19.3. The van der Waals surface area contributed by atoms with Crippen molar-refractivity contribution in [3.63, 3.8) is 0 Å². The first-order chi connectivity index (χ1) is 16.8. The lowest BCUT2D eigenvalue weighted by Crippen LogP contribution is -2.13. The number of aryl methyl sites for hydroxylation is 1. The van der Waals surface area contributed by atoms with Crippen LogP contribution in [0, 0.1) is 5.82 Å². The topological polar surface area (TPSA) is 81.7 Å². The lowest BCUT2D eigenvalue weighted by molar-refractivity contribution is -0.136. The van der Waals surface area contributed by atoms with Crippen LogP contribution in [0.5, 0.6) is 0 Å². The summed E-state index contributed by atoms with van der Waals surface area (Å²) < 4.78 is 13.8. The normalized spacial score (nSPS) is 14.0. The van der Waals surface area contributed by atoms with E-state index < -0.39 is 11.8 Å². The van der Waals surface area contributed by atoms with Crippen LogP contribution in [0.25, 0.3) is 11.3 Å². The zero-order valence-corrected chi connectivity index (χ0v) is 19.8. The molecule has 3 aromatic carbocycles. The van der Waals surface area contributed by atoms with E-state index in [0.29, 0.717) is 28.1 Å². The molecule has 7 heteroatoms. The third-order valence-corrected chi connectivity index (χ3v) is 5.84. The Labute approximate surface area is 204 Å². The fourth-order valence-electron chi connectivity index (χ4n) is 4.18. The third-order valence-electron chi connectivity index (χ3n) is 5.84. The quantitative estimate of drug-likeness (QED) is 0.386. The summed E-state index contributed by atoms with van der Waals surface area (Å²) in [5.41, 5.74) is 5.39. The molecule has 35 heavy (non-hydrogen) atoms. The van der Waals surface area contributed by atoms with Crippen molar-refractivity contribution in [2.24, 2.45) is 0 Å². The van der Waals surface area contributed by atoms with E-state index >= 15 is 0 Å². The van der Waals surface area contributed by atoms with Crippen molar-refractivity contribution in [3.8, 4) is 0 Å². The number of carbonyl (C=O) groups excluding carboxylic acids is 1. The molecule has 1 heterocycles. The molecule has 0 unspecified atom stereocenters. The van der Waals surface area contributed by atoms with Crippen LogP contribution in [0.2, 0.25) is 0 Å². The van der Waals surface area contributed by atoms with Crippen molar-refractivity contribution in [1.82, 2.24) is 4.90 Å². The highest BCUT2D eigenvalue weighted by atomic mass is 19.1. The summed E-state index contributed by atoms with van der Waals surface area (Å²) in [5.74, 6) is -1.67. The summed E-state index contributed by atoms with van der Waals surface area (Å²) in [6.45, 7) is 0.989. The average Bonchev–Trinajstić information content (AvgIpc) is 3.12. The number of halogens is 1. The summed E-state index contributed by atoms with van der Waals surface area (Å²) in [5, 5.41) is 15.3. The van der Waals surface area contributed by atoms with Gasteiger partial charge in [-0.15, -0.1) is 0 Å². The molecule has 0 radical (unpaired) electrons. The lowest BCUT2D eigenvalue weighted by Gasteiger charge is -2.16. The second-order valence-electron chi connectivity index (χ2n) is 8.89. The summed E-state index contributed by atoms with van der Waals surface area (Å²) in [6.07, 6.45) is 1.86. The Bertz CT molecular complexity index is 1280. The Balaban J connectivity index is 1.73. The van der Waals surface area contributed by atoms with Gasteiger partial charge in [-0.3, -0.25) is 9.59 Å². The largest absolute Gasteiger partial charge is 0.481 e. The number of benzene rings is 3. The van der Waals surface area contributed by atoms with Gasteiger partial charge in [0.1, 0.15) is 5.82 Å². The van der Waals surface area contributed by atoms with E-state index in [-0.39, 0.29) is 12.3 Å². The van der Waals surface area contributed by atoms with Crippen molar-refractivity contribution in [3.05, 3.63) is 94.8 Å². The molecule has 180 valence electrons. The first kappa shape index (κ1) is 24.2. The minimum atomic E-state index is -0.911. The minimum absolute atomic E-state index is 0.0861. The minimum Gasteiger partial charge on any atom is -0.481 e. The number of carboxylic acid groups (broad SMARTS) is 1. The van der Waals surface area contributed by atoms with Gasteiger partial charge in [-0.25, -0.2) is 4.39 Å². The molecular weight excluding hydrogens is 445 g/mol. The van der Waals surface area contributed by atoms with Crippen LogP contribution in [0.15, 0.2) is 66.7 Å². The Morgan fingerprint density at radius 2 is 1.80 bits per heavy atom. The van der Waals surface area contributed by atoms with Crippen molar-refractivity contribution < 1.29 is 19.1 Å². The molecule has 0 aliphatic carbocycles. The molecule has 0 atom stereocenters. The van der Waals surface area contributed by atoms with Crippen LogP contribution in [0.3, 0.4) is 0 Å². The molecule has 1 aliphatic heterocycles. The Morgan fingerprint density at radius 1 is 1.03 bits per heavy atom. The maximum absolute atomic E-state index is 13.8. The predicted molar refractivity (Wildman–Crippen MR) is 137 cm³/mol. The van der Waals surface area contributed by atoms with Crippen LogP contribution in [0.4, 0.5) is 15.8 Å². The van der Waals surface area contributed by atoms with Gasteiger partial charge in [-0.2, -0.15) is 0 Å². The number of anilines is 2. The van der Waals surface area contributed by atoms with Gasteiger partial charge in [0.25, 0.3) is 5.91 Å². The van der Waals surface area contributed by atoms with Crippen LogP contribution >= 0.6 is 0 Å². The molecule has 0 bridgehead atoms. The molecule has 0 spiro atoms. The van der Waals surface area contributed by atoms with E-state index in [1.165, 1.54) is 17.7 Å². The smallest absolute Gasteiger partial charge is 0.307 e. The number of nitrogens with one attached hydrogen (secondary N) is 2. The molecule has 3 aromatic rings. The SMILES string of the molecule is CN(C)CCCc1cccc(NC(=C2C(=O)Nc3cc(F)ccc32)c2ccc(CC(=O)O)cc2)c1. The second kappa shape index (κ2) is 10.5. The highest BCUT2D eigenvalue weighted by Crippen LogP contribution is 2.38. The maximum Gasteiger partial charge on any atom is 0.307 e. The van der Waals surface area contributed by atoms with Gasteiger partial charge in [-0.05, 0) is 80.5 Å². The van der Waals surface area contributed by atoms with Crippen LogP contribution in [0.1, 0.15) is 28.7 Å². The molecule has 0 aromatic heterocycles. The van der Waals surface area contributed by atoms with Crippen LogP contribution in [-0.2, 0) is 22.4 Å². The first-order valence-electron chi connectivity index (χ1n) is 11.5. The Morgan fingerprint density at radius 3 is 2.51 bits per heavy atom. The number of amides is 1. The summed E-state index contributed by atoms with van der Waals surface area (Å²) in [7, 11) is 4.10. The van der Waals surface area contributed by atoms with E-state index in [2.05, 4.69) is 41.8 Å². The molecule has 1 aliphatic rings. The number of nitrogens with zero attached hydrogens (tertiary/aromatic N) is 1. The van der Waals surface area contributed by atoms with Gasteiger partial charge in [0.05, 0.1) is 23.4 Å². The van der Waals surface area contributed by atoms with E-state index in [1.54, 1.807) is 30.3 Å². The third kappa shape index (κ3) is 5.94. The number of hydrogen-bond acceptors (Lipinski definition) is 4. The van der Waals surface area contributed by atoms with Gasteiger partial charge in [0.2, 0.25) is 0 Å². The number of carboxylic acids is 1. The number of carbonyl (C=O) groups is 2. The van der Waals surface area contributed by atoms with Crippen LogP contribution < -0.4 is 10.6 Å². The monoisotopic (exact) mass is 473 g/mol. The highest BCUT2D eigenvalue weighted by molar-refractivity contribution is 6.37. The maximum atomic E-state index is 13.8. The molecule has 4 rings (SSSR count). The molecular formula is C28H28FN3O3. The zero-order valence-electron chi connectivity index (χ0n) is 19.8. The van der Waals surface area contributed by atoms with Crippen molar-refractivity contribution >= 4 is 34.5 Å². The van der Waals surface area contributed by atoms with Crippen molar-refractivity contribution in [2.75, 3.05) is 31.3 Å². The van der Waals surface area contributed by atoms with Gasteiger partial charge in [-0.1, -0.05) is 36.4 Å². The number of rotatable bonds is 9. The van der Waals surface area contributed by atoms with Gasteiger partial charge < -0.3 is 20.6 Å². The van der Waals surface area contributed by atoms with Crippen molar-refractivity contribution in [1.29, 1.82) is 0 Å². The van der Waals surface area contributed by atoms with E-state index in [4.69, 9.17) is 5.11 Å². The summed E-state index contributed by atoms with van der Waals surface area (Å²) in [4.78, 5) is 26.3. The van der Waals surface area contributed by atoms with Gasteiger partial charge in [0, 0.05) is 11.3 Å². The highest BCUT2D eigenvalue weighted by Gasteiger charge is 2.29. The predicted octanol–water partition coefficient (Wildman–Crippen LogP) is 4.88. The molecule has 0 saturated heterocycles. The number of aliphatic carboxylic acids is 1. The van der Waals surface area contributed by atoms with E-state index in [1.807, 2.05) is 12.1 Å². The Hall–Kier alpha value is -3.97. The zero-order chi connectivity index (χ0) is 24.9. The number of fused-ring (bicyclic) bond motifs is 1. The fraction of sp³-hybridized carbons (Fsp3) is 0.214. The van der Waals surface area contributed by atoms with Gasteiger partial charge >= 0.3 is 5.97 Å². The van der Waals surface area contributed by atoms with E-state index in [0.717, 1.165) is 30.6 Å². The second-order valence-corrected chi connectivity index (χ2v) is 8.89. The fourth-order valence-corrected chi connectivity index (χ4v) is 4.18. The molecule has 0 fully saturated rings. The number of hydrogen-bond donors (Lipinski definition) is 3. The molecule has 3 N–H and O–H groups in total. The standard InChI is InChI=1S/C28H28FN3O3/c1-32(2)14-4-6-18-5-3-7-22(15-18)30-27(20-10-8-19(9-11-20)16-25(33)34)26-23-13-12-21(29)17-24(23)31-28(26)35/h3,5,7-13,15,17,30H,4,6,14,16H2,1-2H3,(H,31,35)(H,33,34). The Kier molecular flexibility index (Phi) is 7.27. The average molecular weight is 474 g/mol. The molecule has 0 saturated carbocycles. The lowest BCUT2D eigenvalue weighted by atomic mass is 9.98. The van der Waals surface area contributed by atoms with Crippen molar-refractivity contribution in [2.45, 2.75) is 19.3 Å². The molecule has 1 amide bonds. The summed E-state index contributed by atoms with van der Waals surface area (Å²) >= 11 is 0. The van der Waals surface area contributed by atoms with Crippen LogP contribution in [-0.4, -0.2) is 42.5 Å². The first-order valence-corrected chi connectivity index (χ1v) is 11.5. The van der Waals surface area contributed by atoms with Gasteiger partial charge in [0.15, 0.2) is 0 Å². The van der Waals surface area contributed by atoms with E-state index in [9.17, 15) is 14.0 Å².